The maximum absolute atomic E-state index is 3.92. The first-order valence-corrected chi connectivity index (χ1v) is 13.8. The van der Waals surface area contributed by atoms with Gasteiger partial charge in [0.05, 0.1) is 0 Å². The van der Waals surface area contributed by atoms with Crippen molar-refractivity contribution in [3.05, 3.63) is 208 Å². The van der Waals surface area contributed by atoms with E-state index in [0.29, 0.717) is 0 Å². The molecule has 0 aliphatic carbocycles. The second-order valence-electron chi connectivity index (χ2n) is 9.28. The summed E-state index contributed by atoms with van der Waals surface area (Å²) in [6.45, 7) is 15.5. The predicted molar refractivity (Wildman–Crippen MR) is 184 cm³/mol. The highest BCUT2D eigenvalue weighted by Gasteiger charge is 2.14. The Hall–Kier alpha value is -5.60. The van der Waals surface area contributed by atoms with Gasteiger partial charge in [-0.2, -0.15) is 0 Å². The lowest BCUT2D eigenvalue weighted by molar-refractivity contribution is 1.21. The highest BCUT2D eigenvalue weighted by Crippen LogP contribution is 2.35. The molecule has 206 valence electrons. The molecule has 2 nitrogen and oxygen atoms in total. The highest BCUT2D eigenvalue weighted by atomic mass is 15.2. The average molecular weight is 545 g/mol. The van der Waals surface area contributed by atoms with E-state index in [1.54, 1.807) is 24.3 Å². The Kier molecular flexibility index (Phi) is 10.7. The lowest BCUT2D eigenvalue weighted by Gasteiger charge is -2.27. The number of hydrogen-bond donors (Lipinski definition) is 0. The summed E-state index contributed by atoms with van der Waals surface area (Å²) in [5.74, 6) is 0. The van der Waals surface area contributed by atoms with Crippen LogP contribution in [-0.4, -0.2) is 0 Å². The van der Waals surface area contributed by atoms with Crippen molar-refractivity contribution in [1.29, 1.82) is 0 Å². The third-order valence-electron chi connectivity index (χ3n) is 6.51. The van der Waals surface area contributed by atoms with Crippen molar-refractivity contribution in [2.24, 2.45) is 0 Å². The average Bonchev–Trinajstić information content (AvgIpc) is 3.04. The van der Waals surface area contributed by atoms with Gasteiger partial charge in [-0.15, -0.1) is 0 Å². The van der Waals surface area contributed by atoms with Crippen molar-refractivity contribution >= 4 is 22.7 Å². The molecule has 0 amide bonds. The molecule has 0 saturated heterocycles. The van der Waals surface area contributed by atoms with Crippen LogP contribution in [0, 0.1) is 0 Å². The normalized spacial score (nSPS) is 11.8. The molecule has 0 bridgehead atoms. The fraction of sp³-hybridized carbons (Fsp3) is 0. The van der Waals surface area contributed by atoms with Gasteiger partial charge < -0.3 is 9.80 Å². The Morgan fingerprint density at radius 2 is 0.738 bits per heavy atom. The van der Waals surface area contributed by atoms with E-state index in [1.807, 2.05) is 72.9 Å². The molecule has 0 atom stereocenters. The van der Waals surface area contributed by atoms with Crippen molar-refractivity contribution in [2.75, 3.05) is 9.80 Å². The molecule has 0 spiro atoms. The molecule has 42 heavy (non-hydrogen) atoms. The van der Waals surface area contributed by atoms with Gasteiger partial charge in [-0.25, -0.2) is 0 Å². The van der Waals surface area contributed by atoms with E-state index in [1.165, 1.54) is 0 Å². The van der Waals surface area contributed by atoms with Gasteiger partial charge in [0, 0.05) is 34.1 Å². The molecule has 0 N–H and O–H groups in total. The summed E-state index contributed by atoms with van der Waals surface area (Å²) in [7, 11) is 0. The highest BCUT2D eigenvalue weighted by molar-refractivity contribution is 5.76. The summed E-state index contributed by atoms with van der Waals surface area (Å²) in [4.78, 5) is 4.41. The van der Waals surface area contributed by atoms with Crippen molar-refractivity contribution in [3.63, 3.8) is 0 Å². The zero-order chi connectivity index (χ0) is 29.6. The smallest absolute Gasteiger partial charge is 0.0462 e. The molecule has 0 aromatic heterocycles. The van der Waals surface area contributed by atoms with Gasteiger partial charge in [0.1, 0.15) is 0 Å². The van der Waals surface area contributed by atoms with E-state index in [-0.39, 0.29) is 0 Å². The van der Waals surface area contributed by atoms with Gasteiger partial charge in [-0.3, -0.25) is 0 Å². The van der Waals surface area contributed by atoms with Crippen LogP contribution in [0.5, 0.6) is 0 Å². The molecule has 4 rings (SSSR count). The third-order valence-corrected chi connectivity index (χ3v) is 6.51. The van der Waals surface area contributed by atoms with Crippen LogP contribution < -0.4 is 9.80 Å². The molecule has 0 heterocycles. The first-order chi connectivity index (χ1) is 20.7. The Bertz CT molecular complexity index is 1480. The standard InChI is InChI=1S/C40H36N2/c1-5-9-19-35(17-7-3)41(37-21-13-11-14-22-37)39-29-25-33(26-30-39)34-27-31-40(32-28-34)42(38-23-15-12-16-24-38)36(18-8-4)20-10-6-2/h5-32H,1-4H2/b19-9-,20-10-,35-17+,36-18+. The van der Waals surface area contributed by atoms with Crippen molar-refractivity contribution < 1.29 is 0 Å². The molecule has 0 radical (unpaired) electrons. The minimum absolute atomic E-state index is 0.989. The lowest BCUT2D eigenvalue weighted by Crippen LogP contribution is -2.15. The van der Waals surface area contributed by atoms with Crippen LogP contribution in [0.3, 0.4) is 0 Å². The maximum Gasteiger partial charge on any atom is 0.0462 e. The quantitative estimate of drug-likeness (QED) is 0.154. The maximum atomic E-state index is 3.92. The number of para-hydroxylation sites is 2. The van der Waals surface area contributed by atoms with Gasteiger partial charge in [0.25, 0.3) is 0 Å². The topological polar surface area (TPSA) is 6.48 Å². The monoisotopic (exact) mass is 544 g/mol. The predicted octanol–water partition coefficient (Wildman–Crippen LogP) is 11.3. The van der Waals surface area contributed by atoms with Crippen molar-refractivity contribution in [2.45, 2.75) is 0 Å². The lowest BCUT2D eigenvalue weighted by atomic mass is 10.0. The van der Waals surface area contributed by atoms with Crippen LogP contribution in [0.2, 0.25) is 0 Å². The molecular weight excluding hydrogens is 508 g/mol. The fourth-order valence-corrected chi connectivity index (χ4v) is 4.64. The van der Waals surface area contributed by atoms with E-state index in [0.717, 1.165) is 45.3 Å². The first kappa shape index (κ1) is 29.4. The summed E-state index contributed by atoms with van der Waals surface area (Å²) >= 11 is 0. The van der Waals surface area contributed by atoms with Gasteiger partial charge in [-0.1, -0.05) is 123 Å². The van der Waals surface area contributed by atoms with Crippen molar-refractivity contribution in [1.82, 2.24) is 0 Å². The van der Waals surface area contributed by atoms with Crippen molar-refractivity contribution in [3.8, 4) is 11.1 Å². The van der Waals surface area contributed by atoms with E-state index >= 15 is 0 Å². The van der Waals surface area contributed by atoms with E-state index in [9.17, 15) is 0 Å². The van der Waals surface area contributed by atoms with Gasteiger partial charge in [0.2, 0.25) is 0 Å². The zero-order valence-corrected chi connectivity index (χ0v) is 23.9. The molecule has 4 aromatic rings. The van der Waals surface area contributed by atoms with Crippen LogP contribution in [0.15, 0.2) is 208 Å². The largest absolute Gasteiger partial charge is 0.311 e. The molecule has 0 aliphatic rings. The second-order valence-corrected chi connectivity index (χ2v) is 9.28. The molecule has 2 heteroatoms. The van der Waals surface area contributed by atoms with Crippen LogP contribution in [-0.2, 0) is 0 Å². The minimum atomic E-state index is 0.989. The number of hydrogen-bond acceptors (Lipinski definition) is 2. The van der Waals surface area contributed by atoms with Gasteiger partial charge in [-0.05, 0) is 84.0 Å². The SMILES string of the molecule is C=C/C=C\C(=C/C=C)N(c1ccccc1)c1ccc(-c2ccc(N(C(/C=C\C=C)=C/C=C)c3ccccc3)cc2)cc1. The first-order valence-electron chi connectivity index (χ1n) is 13.8. The number of rotatable bonds is 13. The fourth-order valence-electron chi connectivity index (χ4n) is 4.64. The summed E-state index contributed by atoms with van der Waals surface area (Å²) in [6.07, 6.45) is 19.1. The van der Waals surface area contributed by atoms with E-state index in [2.05, 4.69) is 109 Å². The minimum Gasteiger partial charge on any atom is -0.311 e. The Labute approximate surface area is 250 Å². The van der Waals surface area contributed by atoms with Crippen LogP contribution in [0.25, 0.3) is 11.1 Å². The number of anilines is 4. The van der Waals surface area contributed by atoms with Crippen LogP contribution >= 0.6 is 0 Å². The molecule has 0 fully saturated rings. The summed E-state index contributed by atoms with van der Waals surface area (Å²) in [6, 6.07) is 37.9. The molecule has 4 aromatic carbocycles. The molecule has 0 aliphatic heterocycles. The zero-order valence-electron chi connectivity index (χ0n) is 23.9. The summed E-state index contributed by atoms with van der Waals surface area (Å²) in [5.41, 5.74) is 8.46. The Balaban J connectivity index is 1.69. The summed E-state index contributed by atoms with van der Waals surface area (Å²) in [5, 5.41) is 0. The second kappa shape index (κ2) is 15.3. The Morgan fingerprint density at radius 1 is 0.405 bits per heavy atom. The van der Waals surface area contributed by atoms with Crippen LogP contribution in [0.1, 0.15) is 0 Å². The number of nitrogens with zero attached hydrogens (tertiary/aromatic N) is 2. The molecule has 0 unspecified atom stereocenters. The third kappa shape index (κ3) is 7.32. The van der Waals surface area contributed by atoms with Gasteiger partial charge in [0.15, 0.2) is 0 Å². The van der Waals surface area contributed by atoms with E-state index < -0.39 is 0 Å². The Morgan fingerprint density at radius 3 is 1.05 bits per heavy atom. The molecular formula is C40H36N2. The van der Waals surface area contributed by atoms with Crippen LogP contribution in [0.4, 0.5) is 22.7 Å². The van der Waals surface area contributed by atoms with Gasteiger partial charge >= 0.3 is 0 Å². The molecule has 0 saturated carbocycles. The number of benzene rings is 4. The van der Waals surface area contributed by atoms with E-state index in [4.69, 9.17) is 0 Å². The summed E-state index contributed by atoms with van der Waals surface area (Å²) < 4.78 is 0. The number of allylic oxidation sites excluding steroid dienone is 10.